The van der Waals surface area contributed by atoms with Gasteiger partial charge in [0.15, 0.2) is 0 Å². The van der Waals surface area contributed by atoms with Crippen LogP contribution in [0.1, 0.15) is 29.3 Å². The molecule has 2 aromatic rings. The Balaban J connectivity index is 1.78. The maximum Gasteiger partial charge on any atom is 0.337 e. The SMILES string of the molecule is CCc1ccc(OCCCOc2cc(C(=O)OC)ccc2N)cc1. The van der Waals surface area contributed by atoms with E-state index in [-0.39, 0.29) is 0 Å². The van der Waals surface area contributed by atoms with E-state index in [1.165, 1.54) is 12.7 Å². The molecular formula is C19H23NO4. The Kier molecular flexibility index (Phi) is 6.49. The second-order valence-corrected chi connectivity index (χ2v) is 5.29. The number of anilines is 1. The molecule has 0 aliphatic rings. The highest BCUT2D eigenvalue weighted by atomic mass is 16.5. The molecule has 0 fully saturated rings. The molecule has 0 spiro atoms. The summed E-state index contributed by atoms with van der Waals surface area (Å²) in [6.45, 7) is 3.11. The first-order valence-corrected chi connectivity index (χ1v) is 7.96. The number of hydrogen-bond acceptors (Lipinski definition) is 5. The van der Waals surface area contributed by atoms with Gasteiger partial charge in [0.25, 0.3) is 0 Å². The summed E-state index contributed by atoms with van der Waals surface area (Å²) in [6, 6.07) is 12.9. The Morgan fingerprint density at radius 3 is 2.42 bits per heavy atom. The highest BCUT2D eigenvalue weighted by Crippen LogP contribution is 2.23. The van der Waals surface area contributed by atoms with E-state index in [4.69, 9.17) is 15.2 Å². The van der Waals surface area contributed by atoms with E-state index in [0.29, 0.717) is 36.6 Å². The summed E-state index contributed by atoms with van der Waals surface area (Å²) < 4.78 is 16.0. The van der Waals surface area contributed by atoms with Gasteiger partial charge in [-0.1, -0.05) is 19.1 Å². The molecule has 2 aromatic carbocycles. The first-order chi connectivity index (χ1) is 11.6. The van der Waals surface area contributed by atoms with Crippen LogP contribution in [0, 0.1) is 0 Å². The Morgan fingerprint density at radius 2 is 1.75 bits per heavy atom. The number of ether oxygens (including phenoxy) is 3. The zero-order valence-electron chi connectivity index (χ0n) is 14.1. The average Bonchev–Trinajstić information content (AvgIpc) is 2.62. The van der Waals surface area contributed by atoms with Gasteiger partial charge in [-0.2, -0.15) is 0 Å². The maximum atomic E-state index is 11.5. The fourth-order valence-corrected chi connectivity index (χ4v) is 2.16. The van der Waals surface area contributed by atoms with Crippen molar-refractivity contribution in [2.24, 2.45) is 0 Å². The van der Waals surface area contributed by atoms with E-state index in [9.17, 15) is 4.79 Å². The summed E-state index contributed by atoms with van der Waals surface area (Å²) >= 11 is 0. The first kappa shape index (κ1) is 17.7. The lowest BCUT2D eigenvalue weighted by molar-refractivity contribution is 0.0600. The highest BCUT2D eigenvalue weighted by Gasteiger charge is 2.09. The number of rotatable bonds is 8. The molecule has 24 heavy (non-hydrogen) atoms. The lowest BCUT2D eigenvalue weighted by atomic mass is 10.2. The van der Waals surface area contributed by atoms with Crippen LogP contribution in [0.25, 0.3) is 0 Å². The number of aryl methyl sites for hydroxylation is 1. The molecule has 0 radical (unpaired) electrons. The van der Waals surface area contributed by atoms with Gasteiger partial charge in [-0.05, 0) is 42.3 Å². The van der Waals surface area contributed by atoms with Crippen LogP contribution < -0.4 is 15.2 Å². The van der Waals surface area contributed by atoms with Gasteiger partial charge in [0.05, 0.1) is 31.6 Å². The second kappa shape index (κ2) is 8.82. The van der Waals surface area contributed by atoms with Gasteiger partial charge in [0.2, 0.25) is 0 Å². The minimum atomic E-state index is -0.418. The summed E-state index contributed by atoms with van der Waals surface area (Å²) in [7, 11) is 1.34. The molecule has 128 valence electrons. The zero-order valence-corrected chi connectivity index (χ0v) is 14.1. The lowest BCUT2D eigenvalue weighted by Crippen LogP contribution is -2.07. The minimum Gasteiger partial charge on any atom is -0.493 e. The molecule has 0 unspecified atom stereocenters. The predicted octanol–water partition coefficient (Wildman–Crippen LogP) is 3.47. The summed E-state index contributed by atoms with van der Waals surface area (Å²) in [5, 5.41) is 0. The largest absolute Gasteiger partial charge is 0.493 e. The van der Waals surface area contributed by atoms with Crippen LogP contribution in [0.2, 0.25) is 0 Å². The molecular weight excluding hydrogens is 306 g/mol. The van der Waals surface area contributed by atoms with Crippen molar-refractivity contribution in [1.82, 2.24) is 0 Å². The number of carbonyl (C=O) groups excluding carboxylic acids is 1. The van der Waals surface area contributed by atoms with Crippen LogP contribution in [-0.4, -0.2) is 26.3 Å². The van der Waals surface area contributed by atoms with E-state index in [1.54, 1.807) is 18.2 Å². The zero-order chi connectivity index (χ0) is 17.4. The molecule has 5 nitrogen and oxygen atoms in total. The third kappa shape index (κ3) is 4.91. The standard InChI is InChI=1S/C19H23NO4/c1-3-14-5-8-16(9-6-14)23-11-4-12-24-18-13-15(19(21)22-2)7-10-17(18)20/h5-10,13H,3-4,11-12,20H2,1-2H3. The monoisotopic (exact) mass is 329 g/mol. The van der Waals surface area contributed by atoms with Crippen LogP contribution in [0.15, 0.2) is 42.5 Å². The van der Waals surface area contributed by atoms with Gasteiger partial charge >= 0.3 is 5.97 Å². The summed E-state index contributed by atoms with van der Waals surface area (Å²) in [6.07, 6.45) is 1.72. The third-order valence-corrected chi connectivity index (χ3v) is 3.58. The van der Waals surface area contributed by atoms with Gasteiger partial charge in [-0.25, -0.2) is 4.79 Å². The van der Waals surface area contributed by atoms with Crippen molar-refractivity contribution < 1.29 is 19.0 Å². The van der Waals surface area contributed by atoms with Crippen molar-refractivity contribution in [2.45, 2.75) is 19.8 Å². The molecule has 2 N–H and O–H groups in total. The van der Waals surface area contributed by atoms with E-state index >= 15 is 0 Å². The molecule has 0 amide bonds. The van der Waals surface area contributed by atoms with Gasteiger partial charge < -0.3 is 19.9 Å². The Bertz CT molecular complexity index is 668. The van der Waals surface area contributed by atoms with Crippen LogP contribution in [0.4, 0.5) is 5.69 Å². The first-order valence-electron chi connectivity index (χ1n) is 7.96. The van der Waals surface area contributed by atoms with Crippen LogP contribution in [-0.2, 0) is 11.2 Å². The lowest BCUT2D eigenvalue weighted by Gasteiger charge is -2.11. The Morgan fingerprint density at radius 1 is 1.04 bits per heavy atom. The number of nitrogens with two attached hydrogens (primary N) is 1. The highest BCUT2D eigenvalue weighted by molar-refractivity contribution is 5.90. The molecule has 0 heterocycles. The number of nitrogen functional groups attached to an aromatic ring is 1. The Labute approximate surface area is 142 Å². The summed E-state index contributed by atoms with van der Waals surface area (Å²) in [5.41, 5.74) is 8.04. The van der Waals surface area contributed by atoms with Crippen molar-refractivity contribution in [2.75, 3.05) is 26.1 Å². The molecule has 0 atom stereocenters. The summed E-state index contributed by atoms with van der Waals surface area (Å²) in [5.74, 6) is 0.906. The van der Waals surface area contributed by atoms with E-state index in [2.05, 4.69) is 23.8 Å². The summed E-state index contributed by atoms with van der Waals surface area (Å²) in [4.78, 5) is 11.5. The van der Waals surface area contributed by atoms with E-state index < -0.39 is 5.97 Å². The normalized spacial score (nSPS) is 10.2. The second-order valence-electron chi connectivity index (χ2n) is 5.29. The third-order valence-electron chi connectivity index (χ3n) is 3.58. The fraction of sp³-hybridized carbons (Fsp3) is 0.316. The quantitative estimate of drug-likeness (QED) is 0.456. The Hall–Kier alpha value is -2.69. The van der Waals surface area contributed by atoms with Gasteiger partial charge in [-0.3, -0.25) is 0 Å². The number of hydrogen-bond donors (Lipinski definition) is 1. The van der Waals surface area contributed by atoms with Crippen LogP contribution in [0.5, 0.6) is 11.5 Å². The molecule has 0 aromatic heterocycles. The van der Waals surface area contributed by atoms with Crippen LogP contribution >= 0.6 is 0 Å². The molecule has 0 saturated carbocycles. The number of benzene rings is 2. The van der Waals surface area contributed by atoms with Gasteiger partial charge in [0, 0.05) is 6.42 Å². The predicted molar refractivity (Wildman–Crippen MR) is 93.6 cm³/mol. The van der Waals surface area contributed by atoms with Crippen molar-refractivity contribution in [3.05, 3.63) is 53.6 Å². The molecule has 2 rings (SSSR count). The average molecular weight is 329 g/mol. The van der Waals surface area contributed by atoms with Crippen molar-refractivity contribution >= 4 is 11.7 Å². The topological polar surface area (TPSA) is 70.8 Å². The molecule has 0 aliphatic heterocycles. The van der Waals surface area contributed by atoms with Crippen molar-refractivity contribution in [1.29, 1.82) is 0 Å². The number of methoxy groups -OCH3 is 1. The number of carbonyl (C=O) groups is 1. The fourth-order valence-electron chi connectivity index (χ4n) is 2.16. The molecule has 0 aliphatic carbocycles. The van der Waals surface area contributed by atoms with Crippen LogP contribution in [0.3, 0.4) is 0 Å². The van der Waals surface area contributed by atoms with Crippen molar-refractivity contribution in [3.8, 4) is 11.5 Å². The minimum absolute atomic E-state index is 0.411. The van der Waals surface area contributed by atoms with Gasteiger partial charge in [0.1, 0.15) is 11.5 Å². The smallest absolute Gasteiger partial charge is 0.337 e. The molecule has 5 heteroatoms. The molecule has 0 saturated heterocycles. The molecule has 0 bridgehead atoms. The van der Waals surface area contributed by atoms with Gasteiger partial charge in [-0.15, -0.1) is 0 Å². The van der Waals surface area contributed by atoms with E-state index in [1.807, 2.05) is 12.1 Å². The van der Waals surface area contributed by atoms with Crippen molar-refractivity contribution in [3.63, 3.8) is 0 Å². The maximum absolute atomic E-state index is 11.5. The number of esters is 1. The van der Waals surface area contributed by atoms with E-state index in [0.717, 1.165) is 12.2 Å².